The highest BCUT2D eigenvalue weighted by Gasteiger charge is 2.30. The topological polar surface area (TPSA) is 0 Å². The first-order chi connectivity index (χ1) is 9.72. The first-order valence-corrected chi connectivity index (χ1v) is 8.33. The molecule has 0 heterocycles. The minimum absolute atomic E-state index is 0.484. The fourth-order valence-electron chi connectivity index (χ4n) is 4.31. The van der Waals surface area contributed by atoms with Gasteiger partial charge < -0.3 is 0 Å². The standard InChI is InChI=1S/C18H24B2/c19-17-9-5-15(6-10-17)13-1-2-14(4-3-13)16-7-11-18(20)12-8-16/h5-6,9-10,13-14,16,18H,1-4,7-8,11-12H2. The zero-order valence-electron chi connectivity index (χ0n) is 12.4. The van der Waals surface area contributed by atoms with Crippen LogP contribution in [0.5, 0.6) is 0 Å². The number of hydrogen-bond donors (Lipinski definition) is 0. The van der Waals surface area contributed by atoms with Crippen LogP contribution in [0.2, 0.25) is 5.82 Å². The van der Waals surface area contributed by atoms with Gasteiger partial charge in [0, 0.05) is 0 Å². The lowest BCUT2D eigenvalue weighted by molar-refractivity contribution is 0.186. The highest BCUT2D eigenvalue weighted by atomic mass is 14.3. The van der Waals surface area contributed by atoms with E-state index in [1.807, 2.05) is 12.1 Å². The normalized spacial score (nSPS) is 34.8. The summed E-state index contributed by atoms with van der Waals surface area (Å²) in [6.45, 7) is 0. The largest absolute Gasteiger partial charge is 0.113 e. The Bertz CT molecular complexity index is 410. The van der Waals surface area contributed by atoms with E-state index in [4.69, 9.17) is 15.7 Å². The molecule has 0 aliphatic heterocycles. The van der Waals surface area contributed by atoms with Crippen LogP contribution in [0.4, 0.5) is 0 Å². The van der Waals surface area contributed by atoms with E-state index in [9.17, 15) is 0 Å². The van der Waals surface area contributed by atoms with Crippen molar-refractivity contribution < 1.29 is 0 Å². The molecule has 1 aromatic rings. The molecular weight excluding hydrogens is 238 g/mol. The van der Waals surface area contributed by atoms with Crippen LogP contribution in [0.3, 0.4) is 0 Å². The van der Waals surface area contributed by atoms with Gasteiger partial charge in [0.15, 0.2) is 0 Å². The molecule has 0 atom stereocenters. The quantitative estimate of drug-likeness (QED) is 0.709. The average Bonchev–Trinajstić information content (AvgIpc) is 2.49. The third-order valence-electron chi connectivity index (χ3n) is 5.66. The van der Waals surface area contributed by atoms with E-state index in [2.05, 4.69) is 12.1 Å². The van der Waals surface area contributed by atoms with Crippen LogP contribution in [-0.4, -0.2) is 15.7 Å². The number of hydrogen-bond acceptors (Lipinski definition) is 0. The van der Waals surface area contributed by atoms with E-state index in [0.717, 1.165) is 23.2 Å². The molecule has 2 aliphatic rings. The maximum absolute atomic E-state index is 6.03. The SMILES string of the molecule is [B]c1ccc(C2CCC(C3CCC([B])CC3)CC2)cc1. The summed E-state index contributed by atoms with van der Waals surface area (Å²) in [4.78, 5) is 0. The van der Waals surface area contributed by atoms with Gasteiger partial charge in [-0.3, -0.25) is 0 Å². The molecule has 2 saturated carbocycles. The highest BCUT2D eigenvalue weighted by molar-refractivity contribution is 6.32. The van der Waals surface area contributed by atoms with Gasteiger partial charge in [0.1, 0.15) is 7.85 Å². The van der Waals surface area contributed by atoms with E-state index < -0.39 is 0 Å². The molecule has 0 N–H and O–H groups in total. The van der Waals surface area contributed by atoms with Gasteiger partial charge in [-0.2, -0.15) is 0 Å². The lowest BCUT2D eigenvalue weighted by Gasteiger charge is -2.37. The Morgan fingerprint density at radius 2 is 1.20 bits per heavy atom. The van der Waals surface area contributed by atoms with Crippen LogP contribution < -0.4 is 5.46 Å². The minimum atomic E-state index is 0.484. The summed E-state index contributed by atoms with van der Waals surface area (Å²) in [5.74, 6) is 3.17. The van der Waals surface area contributed by atoms with Gasteiger partial charge in [-0.15, -0.1) is 0 Å². The van der Waals surface area contributed by atoms with E-state index in [0.29, 0.717) is 5.82 Å². The van der Waals surface area contributed by atoms with Gasteiger partial charge in [-0.25, -0.2) is 0 Å². The second-order valence-corrected chi connectivity index (χ2v) is 6.95. The van der Waals surface area contributed by atoms with Crippen LogP contribution in [-0.2, 0) is 0 Å². The second-order valence-electron chi connectivity index (χ2n) is 6.95. The average molecular weight is 262 g/mol. The molecule has 0 saturated heterocycles. The van der Waals surface area contributed by atoms with Crippen LogP contribution in [0, 0.1) is 11.8 Å². The monoisotopic (exact) mass is 262 g/mol. The van der Waals surface area contributed by atoms with E-state index in [1.54, 1.807) is 0 Å². The molecular formula is C18H24B2. The smallest absolute Gasteiger partial charge is 0.0967 e. The van der Waals surface area contributed by atoms with E-state index in [1.165, 1.54) is 56.9 Å². The predicted octanol–water partition coefficient (Wildman–Crippen LogP) is 3.90. The zero-order chi connectivity index (χ0) is 13.9. The third kappa shape index (κ3) is 3.32. The van der Waals surface area contributed by atoms with Crippen molar-refractivity contribution in [3.05, 3.63) is 29.8 Å². The van der Waals surface area contributed by atoms with Gasteiger partial charge in [-0.1, -0.05) is 61.2 Å². The Labute approximate surface area is 126 Å². The maximum Gasteiger partial charge on any atom is 0.113 e. The predicted molar refractivity (Wildman–Crippen MR) is 88.0 cm³/mol. The summed E-state index contributed by atoms with van der Waals surface area (Å²) >= 11 is 0. The third-order valence-corrected chi connectivity index (χ3v) is 5.66. The Morgan fingerprint density at radius 1 is 0.700 bits per heavy atom. The minimum Gasteiger partial charge on any atom is -0.0967 e. The molecule has 1 aromatic carbocycles. The first-order valence-electron chi connectivity index (χ1n) is 8.33. The van der Waals surface area contributed by atoms with Gasteiger partial charge in [-0.05, 0) is 49.0 Å². The van der Waals surface area contributed by atoms with Crippen molar-refractivity contribution in [1.82, 2.24) is 0 Å². The van der Waals surface area contributed by atoms with E-state index >= 15 is 0 Å². The van der Waals surface area contributed by atoms with Gasteiger partial charge in [0.05, 0.1) is 7.85 Å². The Hall–Kier alpha value is -0.650. The number of benzene rings is 1. The molecule has 102 valence electrons. The van der Waals surface area contributed by atoms with Crippen molar-refractivity contribution in [2.75, 3.05) is 0 Å². The maximum atomic E-state index is 6.03. The summed E-state index contributed by atoms with van der Waals surface area (Å²) in [5.41, 5.74) is 2.37. The summed E-state index contributed by atoms with van der Waals surface area (Å²) in [5, 5.41) is 0. The Kier molecular flexibility index (Phi) is 4.58. The van der Waals surface area contributed by atoms with Gasteiger partial charge in [0.2, 0.25) is 0 Å². The highest BCUT2D eigenvalue weighted by Crippen LogP contribution is 2.44. The molecule has 2 aliphatic carbocycles. The molecule has 0 spiro atoms. The summed E-state index contributed by atoms with van der Waals surface area (Å²) in [7, 11) is 11.8. The van der Waals surface area contributed by atoms with E-state index in [-0.39, 0.29) is 0 Å². The van der Waals surface area contributed by atoms with Crippen molar-refractivity contribution in [3.8, 4) is 0 Å². The molecule has 4 radical (unpaired) electrons. The van der Waals surface area contributed by atoms with Gasteiger partial charge >= 0.3 is 0 Å². The lowest BCUT2D eigenvalue weighted by Crippen LogP contribution is -2.24. The summed E-state index contributed by atoms with van der Waals surface area (Å²) < 4.78 is 0. The second kappa shape index (κ2) is 6.41. The molecule has 0 nitrogen and oxygen atoms in total. The molecule has 20 heavy (non-hydrogen) atoms. The van der Waals surface area contributed by atoms with Crippen molar-refractivity contribution in [2.24, 2.45) is 11.8 Å². The Morgan fingerprint density at radius 3 is 1.75 bits per heavy atom. The lowest BCUT2D eigenvalue weighted by atomic mass is 9.65. The summed E-state index contributed by atoms with van der Waals surface area (Å²) in [6.07, 6.45) is 10.8. The van der Waals surface area contributed by atoms with Crippen LogP contribution in [0.15, 0.2) is 24.3 Å². The first kappa shape index (κ1) is 14.3. The molecule has 2 fully saturated rings. The van der Waals surface area contributed by atoms with Crippen molar-refractivity contribution in [1.29, 1.82) is 0 Å². The van der Waals surface area contributed by atoms with Gasteiger partial charge in [0.25, 0.3) is 0 Å². The van der Waals surface area contributed by atoms with Crippen molar-refractivity contribution >= 4 is 21.2 Å². The van der Waals surface area contributed by atoms with Crippen molar-refractivity contribution in [3.63, 3.8) is 0 Å². The molecule has 3 rings (SSSR count). The summed E-state index contributed by atoms with van der Waals surface area (Å²) in [6, 6.07) is 8.54. The molecule has 0 bridgehead atoms. The van der Waals surface area contributed by atoms with Crippen LogP contribution in [0.25, 0.3) is 0 Å². The molecule has 2 heteroatoms. The Balaban J connectivity index is 1.53. The molecule has 0 aromatic heterocycles. The number of rotatable bonds is 2. The fraction of sp³-hybridized carbons (Fsp3) is 0.667. The molecule has 0 unspecified atom stereocenters. The fourth-order valence-corrected chi connectivity index (χ4v) is 4.31. The van der Waals surface area contributed by atoms with Crippen LogP contribution in [0.1, 0.15) is 62.8 Å². The zero-order valence-corrected chi connectivity index (χ0v) is 12.4. The molecule has 0 amide bonds. The van der Waals surface area contributed by atoms with Crippen molar-refractivity contribution in [2.45, 2.75) is 63.1 Å². The van der Waals surface area contributed by atoms with Crippen LogP contribution >= 0.6 is 0 Å².